The highest BCUT2D eigenvalue weighted by atomic mass is 19.4. The monoisotopic (exact) mass is 230 g/mol. The molecule has 90 valence electrons. The second-order valence-corrected chi connectivity index (χ2v) is 4.65. The minimum Gasteiger partial charge on any atom is -0.206 e. The maximum atomic E-state index is 13.2. The van der Waals surface area contributed by atoms with Crippen molar-refractivity contribution in [2.45, 2.75) is 51.6 Å². The molecule has 0 nitrogen and oxygen atoms in total. The van der Waals surface area contributed by atoms with Crippen LogP contribution in [0, 0.1) is 11.3 Å². The van der Waals surface area contributed by atoms with E-state index >= 15 is 0 Å². The Morgan fingerprint density at radius 1 is 1.00 bits per heavy atom. The van der Waals surface area contributed by atoms with Crippen LogP contribution in [0.15, 0.2) is 0 Å². The standard InChI is InChI=1S/C10H15F5/c1-7-3-5-9(6-4-7,8(2,11)12)10(13,14)15/h7H,3-6H2,1-2H3. The first-order chi connectivity index (χ1) is 6.60. The predicted octanol–water partition coefficient (Wildman–Crippen LogP) is 4.40. The van der Waals surface area contributed by atoms with Crippen LogP contribution in [-0.4, -0.2) is 12.1 Å². The van der Waals surface area contributed by atoms with Gasteiger partial charge in [-0.3, -0.25) is 0 Å². The van der Waals surface area contributed by atoms with Crippen LogP contribution in [0.25, 0.3) is 0 Å². The van der Waals surface area contributed by atoms with Gasteiger partial charge in [-0.1, -0.05) is 6.92 Å². The molecular formula is C10H15F5. The molecule has 1 fully saturated rings. The summed E-state index contributed by atoms with van der Waals surface area (Å²) in [6.45, 7) is 2.19. The molecule has 1 rings (SSSR count). The summed E-state index contributed by atoms with van der Waals surface area (Å²) in [5, 5.41) is 0. The average molecular weight is 230 g/mol. The highest BCUT2D eigenvalue weighted by molar-refractivity contribution is 4.98. The van der Waals surface area contributed by atoms with Crippen LogP contribution in [0.4, 0.5) is 22.0 Å². The van der Waals surface area contributed by atoms with Gasteiger partial charge < -0.3 is 0 Å². The van der Waals surface area contributed by atoms with E-state index in [1.54, 1.807) is 6.92 Å². The zero-order chi connectivity index (χ0) is 11.9. The van der Waals surface area contributed by atoms with Crippen LogP contribution in [-0.2, 0) is 0 Å². The van der Waals surface area contributed by atoms with E-state index in [9.17, 15) is 22.0 Å². The summed E-state index contributed by atoms with van der Waals surface area (Å²) in [4.78, 5) is 0. The van der Waals surface area contributed by atoms with Gasteiger partial charge in [-0.2, -0.15) is 13.2 Å². The van der Waals surface area contributed by atoms with Gasteiger partial charge in [0.25, 0.3) is 5.92 Å². The van der Waals surface area contributed by atoms with Crippen LogP contribution in [0.1, 0.15) is 39.5 Å². The lowest BCUT2D eigenvalue weighted by Gasteiger charge is -2.44. The minimum absolute atomic E-state index is 0.114. The van der Waals surface area contributed by atoms with E-state index in [2.05, 4.69) is 0 Å². The van der Waals surface area contributed by atoms with E-state index in [4.69, 9.17) is 0 Å². The van der Waals surface area contributed by atoms with E-state index in [0.717, 1.165) is 0 Å². The zero-order valence-electron chi connectivity index (χ0n) is 8.80. The summed E-state index contributed by atoms with van der Waals surface area (Å²) < 4.78 is 64.6. The summed E-state index contributed by atoms with van der Waals surface area (Å²) in [6.07, 6.45) is -5.28. The van der Waals surface area contributed by atoms with E-state index < -0.39 is 30.4 Å². The Bertz CT molecular complexity index is 201. The second kappa shape index (κ2) is 3.59. The summed E-state index contributed by atoms with van der Waals surface area (Å²) in [7, 11) is 0. The van der Waals surface area contributed by atoms with Crippen LogP contribution >= 0.6 is 0 Å². The van der Waals surface area contributed by atoms with Crippen molar-refractivity contribution < 1.29 is 22.0 Å². The average Bonchev–Trinajstić information content (AvgIpc) is 2.00. The molecule has 0 N–H and O–H groups in total. The van der Waals surface area contributed by atoms with Crippen molar-refractivity contribution in [3.63, 3.8) is 0 Å². The largest absolute Gasteiger partial charge is 0.400 e. The topological polar surface area (TPSA) is 0 Å². The molecule has 0 heterocycles. The molecule has 0 unspecified atom stereocenters. The Morgan fingerprint density at radius 3 is 1.67 bits per heavy atom. The Hall–Kier alpha value is -0.350. The zero-order valence-corrected chi connectivity index (χ0v) is 8.80. The SMILES string of the molecule is CC1CCC(C(C)(F)F)(C(F)(F)F)CC1. The van der Waals surface area contributed by atoms with Crippen LogP contribution in [0.2, 0.25) is 0 Å². The summed E-state index contributed by atoms with van der Waals surface area (Å²) in [6, 6.07) is 0. The van der Waals surface area contributed by atoms with E-state index in [1.165, 1.54) is 0 Å². The number of alkyl halides is 5. The Labute approximate surface area is 85.8 Å². The highest BCUT2D eigenvalue weighted by Crippen LogP contribution is 2.58. The van der Waals surface area contributed by atoms with Crippen LogP contribution in [0.3, 0.4) is 0 Å². The summed E-state index contributed by atoms with van der Waals surface area (Å²) >= 11 is 0. The van der Waals surface area contributed by atoms with Gasteiger partial charge in [0.2, 0.25) is 0 Å². The fraction of sp³-hybridized carbons (Fsp3) is 1.00. The molecule has 0 aromatic rings. The molecule has 1 aliphatic carbocycles. The van der Waals surface area contributed by atoms with Crippen molar-refractivity contribution in [3.8, 4) is 0 Å². The number of hydrogen-bond acceptors (Lipinski definition) is 0. The first-order valence-electron chi connectivity index (χ1n) is 5.05. The molecule has 1 saturated carbocycles. The third kappa shape index (κ3) is 2.11. The van der Waals surface area contributed by atoms with Gasteiger partial charge in [0, 0.05) is 6.92 Å². The molecule has 15 heavy (non-hydrogen) atoms. The lowest BCUT2D eigenvalue weighted by Crippen LogP contribution is -2.52. The van der Waals surface area contributed by atoms with E-state index in [-0.39, 0.29) is 18.8 Å². The molecule has 1 aliphatic rings. The van der Waals surface area contributed by atoms with E-state index in [1.807, 2.05) is 0 Å². The lowest BCUT2D eigenvalue weighted by molar-refractivity contribution is -0.306. The third-order valence-corrected chi connectivity index (χ3v) is 3.51. The van der Waals surface area contributed by atoms with Gasteiger partial charge in [-0.05, 0) is 31.6 Å². The van der Waals surface area contributed by atoms with Crippen LogP contribution in [0.5, 0.6) is 0 Å². The first kappa shape index (κ1) is 12.7. The number of hydrogen-bond donors (Lipinski definition) is 0. The van der Waals surface area contributed by atoms with Gasteiger partial charge in [-0.25, -0.2) is 8.78 Å². The van der Waals surface area contributed by atoms with E-state index in [0.29, 0.717) is 6.92 Å². The molecular weight excluding hydrogens is 215 g/mol. The maximum absolute atomic E-state index is 13.2. The van der Waals surface area contributed by atoms with Crippen molar-refractivity contribution in [1.29, 1.82) is 0 Å². The van der Waals surface area contributed by atoms with Gasteiger partial charge in [0.1, 0.15) is 5.41 Å². The molecule has 0 aromatic carbocycles. The molecule has 0 aliphatic heterocycles. The summed E-state index contributed by atoms with van der Waals surface area (Å²) in [5.41, 5.74) is -2.80. The second-order valence-electron chi connectivity index (χ2n) is 4.65. The van der Waals surface area contributed by atoms with Gasteiger partial charge in [0.05, 0.1) is 0 Å². The van der Waals surface area contributed by atoms with Gasteiger partial charge >= 0.3 is 6.18 Å². The molecule has 0 amide bonds. The van der Waals surface area contributed by atoms with Crippen molar-refractivity contribution >= 4 is 0 Å². The van der Waals surface area contributed by atoms with Crippen molar-refractivity contribution in [2.24, 2.45) is 11.3 Å². The van der Waals surface area contributed by atoms with Gasteiger partial charge in [-0.15, -0.1) is 0 Å². The lowest BCUT2D eigenvalue weighted by atomic mass is 9.67. The summed E-state index contributed by atoms with van der Waals surface area (Å²) in [5.74, 6) is -3.58. The minimum atomic E-state index is -4.81. The normalized spacial score (nSPS) is 34.2. The predicted molar refractivity (Wildman–Crippen MR) is 46.7 cm³/mol. The number of halogens is 5. The Morgan fingerprint density at radius 2 is 1.40 bits per heavy atom. The smallest absolute Gasteiger partial charge is 0.206 e. The van der Waals surface area contributed by atoms with Crippen molar-refractivity contribution in [2.75, 3.05) is 0 Å². The van der Waals surface area contributed by atoms with Crippen LogP contribution < -0.4 is 0 Å². The van der Waals surface area contributed by atoms with Crippen molar-refractivity contribution in [1.82, 2.24) is 0 Å². The third-order valence-electron chi connectivity index (χ3n) is 3.51. The fourth-order valence-corrected chi connectivity index (χ4v) is 2.23. The molecule has 0 aromatic heterocycles. The molecule has 0 saturated heterocycles. The molecule has 0 spiro atoms. The number of rotatable bonds is 1. The Balaban J connectivity index is 2.99. The first-order valence-corrected chi connectivity index (χ1v) is 5.05. The molecule has 5 heteroatoms. The quantitative estimate of drug-likeness (QED) is 0.585. The molecule has 0 bridgehead atoms. The highest BCUT2D eigenvalue weighted by Gasteiger charge is 2.66. The maximum Gasteiger partial charge on any atom is 0.400 e. The molecule has 0 radical (unpaired) electrons. The fourth-order valence-electron chi connectivity index (χ4n) is 2.23. The van der Waals surface area contributed by atoms with Gasteiger partial charge in [0.15, 0.2) is 0 Å². The Kier molecular flexibility index (Phi) is 3.05. The molecule has 0 atom stereocenters. The van der Waals surface area contributed by atoms with Crippen molar-refractivity contribution in [3.05, 3.63) is 0 Å².